The second-order valence-corrected chi connectivity index (χ2v) is 11.4. The molecule has 4 aromatic rings. The van der Waals surface area contributed by atoms with Gasteiger partial charge in [0.2, 0.25) is 0 Å². The lowest BCUT2D eigenvalue weighted by Gasteiger charge is -2.32. The molecule has 188 valence electrons. The van der Waals surface area contributed by atoms with Gasteiger partial charge in [0.1, 0.15) is 4.90 Å². The van der Waals surface area contributed by atoms with Crippen LogP contribution in [0.4, 0.5) is 0 Å². The zero-order valence-corrected chi connectivity index (χ0v) is 21.6. The predicted octanol–water partition coefficient (Wildman–Crippen LogP) is 6.45. The Bertz CT molecular complexity index is 1390. The molecule has 1 aliphatic rings. The van der Waals surface area contributed by atoms with Crippen molar-refractivity contribution >= 4 is 21.0 Å². The van der Waals surface area contributed by atoms with Gasteiger partial charge < -0.3 is 14.1 Å². The van der Waals surface area contributed by atoms with Crippen molar-refractivity contribution in [3.05, 3.63) is 95.7 Å². The summed E-state index contributed by atoms with van der Waals surface area (Å²) < 4.78 is 31.4. The Balaban J connectivity index is 1.18. The van der Waals surface area contributed by atoms with Crippen molar-refractivity contribution in [1.82, 2.24) is 9.88 Å². The van der Waals surface area contributed by atoms with E-state index >= 15 is 0 Å². The summed E-state index contributed by atoms with van der Waals surface area (Å²) in [5, 5.41) is 0.858. The molecule has 3 aromatic carbocycles. The van der Waals surface area contributed by atoms with E-state index in [1.54, 1.807) is 30.3 Å². The number of nitrogens with one attached hydrogen (secondary N) is 1. The molecule has 0 amide bonds. The molecule has 2 heterocycles. The number of aromatic amines is 1. The van der Waals surface area contributed by atoms with Gasteiger partial charge in [-0.25, -0.2) is 0 Å². The largest absolute Gasteiger partial charge is 0.378 e. The SMILES string of the molecule is Cc1ccc(S(=O)(=O)Oc2cccc3[nH]cc(CCCCN4CCC(c5ccccc5)CC4)c23)cc1. The lowest BCUT2D eigenvalue weighted by molar-refractivity contribution is 0.209. The van der Waals surface area contributed by atoms with Gasteiger partial charge in [0.05, 0.1) is 0 Å². The van der Waals surface area contributed by atoms with Crippen LogP contribution in [0, 0.1) is 6.92 Å². The third kappa shape index (κ3) is 5.66. The van der Waals surface area contributed by atoms with E-state index in [4.69, 9.17) is 4.18 Å². The maximum Gasteiger partial charge on any atom is 0.339 e. The molecule has 1 aromatic heterocycles. The van der Waals surface area contributed by atoms with E-state index in [-0.39, 0.29) is 4.90 Å². The van der Waals surface area contributed by atoms with Crippen molar-refractivity contribution < 1.29 is 12.6 Å². The van der Waals surface area contributed by atoms with Crippen LogP contribution in [0.15, 0.2) is 83.9 Å². The van der Waals surface area contributed by atoms with Crippen LogP contribution in [0.3, 0.4) is 0 Å². The summed E-state index contributed by atoms with van der Waals surface area (Å²) in [6, 6.07) is 23.1. The smallest absolute Gasteiger partial charge is 0.339 e. The summed E-state index contributed by atoms with van der Waals surface area (Å²) in [7, 11) is -3.90. The minimum absolute atomic E-state index is 0.165. The normalized spacial score (nSPS) is 15.4. The van der Waals surface area contributed by atoms with Gasteiger partial charge in [-0.1, -0.05) is 54.1 Å². The molecule has 0 saturated carbocycles. The lowest BCUT2D eigenvalue weighted by Crippen LogP contribution is -2.33. The van der Waals surface area contributed by atoms with Gasteiger partial charge in [-0.3, -0.25) is 0 Å². The minimum Gasteiger partial charge on any atom is -0.378 e. The fourth-order valence-corrected chi connectivity index (χ4v) is 6.16. The molecule has 0 unspecified atom stereocenters. The quantitative estimate of drug-likeness (QED) is 0.211. The highest BCUT2D eigenvalue weighted by atomic mass is 32.2. The van der Waals surface area contributed by atoms with Gasteiger partial charge in [-0.05, 0) is 100.0 Å². The summed E-state index contributed by atoms with van der Waals surface area (Å²) in [6.45, 7) is 5.34. The Morgan fingerprint density at radius 2 is 1.67 bits per heavy atom. The molecule has 1 aliphatic heterocycles. The number of H-pyrrole nitrogens is 1. The Labute approximate surface area is 214 Å². The summed E-state index contributed by atoms with van der Waals surface area (Å²) in [5.41, 5.74) is 4.47. The topological polar surface area (TPSA) is 62.4 Å². The fourth-order valence-electron chi connectivity index (χ4n) is 5.22. The number of unbranched alkanes of at least 4 members (excludes halogenated alkanes) is 1. The van der Waals surface area contributed by atoms with Crippen LogP contribution in [0.1, 0.15) is 48.3 Å². The highest BCUT2D eigenvalue weighted by Gasteiger charge is 2.21. The molecule has 6 heteroatoms. The van der Waals surface area contributed by atoms with E-state index < -0.39 is 10.1 Å². The van der Waals surface area contributed by atoms with Crippen molar-refractivity contribution in [2.24, 2.45) is 0 Å². The van der Waals surface area contributed by atoms with Crippen LogP contribution in [0.5, 0.6) is 5.75 Å². The molecule has 1 fully saturated rings. The number of likely N-dealkylation sites (tertiary alicyclic amines) is 1. The van der Waals surface area contributed by atoms with Crippen molar-refractivity contribution in [2.75, 3.05) is 19.6 Å². The average Bonchev–Trinajstić information content (AvgIpc) is 3.32. The number of nitrogens with zero attached hydrogens (tertiary/aromatic N) is 1. The average molecular weight is 503 g/mol. The van der Waals surface area contributed by atoms with Gasteiger partial charge in [-0.15, -0.1) is 0 Å². The highest BCUT2D eigenvalue weighted by molar-refractivity contribution is 7.87. The molecule has 0 bridgehead atoms. The van der Waals surface area contributed by atoms with E-state index in [0.29, 0.717) is 11.7 Å². The molecule has 0 spiro atoms. The van der Waals surface area contributed by atoms with Crippen molar-refractivity contribution in [2.45, 2.75) is 49.8 Å². The van der Waals surface area contributed by atoms with E-state index in [1.165, 1.54) is 18.4 Å². The second kappa shape index (κ2) is 10.9. The first-order valence-corrected chi connectivity index (χ1v) is 14.3. The highest BCUT2D eigenvalue weighted by Crippen LogP contribution is 2.32. The van der Waals surface area contributed by atoms with Gasteiger partial charge in [0, 0.05) is 17.1 Å². The van der Waals surface area contributed by atoms with Crippen molar-refractivity contribution in [1.29, 1.82) is 0 Å². The molecule has 36 heavy (non-hydrogen) atoms. The zero-order valence-electron chi connectivity index (χ0n) is 20.8. The maximum absolute atomic E-state index is 12.9. The van der Waals surface area contributed by atoms with Gasteiger partial charge >= 0.3 is 10.1 Å². The summed E-state index contributed by atoms with van der Waals surface area (Å²) >= 11 is 0. The number of aromatic nitrogens is 1. The first-order valence-electron chi connectivity index (χ1n) is 12.9. The van der Waals surface area contributed by atoms with E-state index in [2.05, 4.69) is 40.2 Å². The fraction of sp³-hybridized carbons (Fsp3) is 0.333. The summed E-state index contributed by atoms with van der Waals surface area (Å²) in [4.78, 5) is 6.03. The van der Waals surface area contributed by atoms with E-state index in [1.807, 2.05) is 25.3 Å². The third-order valence-corrected chi connectivity index (χ3v) is 8.54. The van der Waals surface area contributed by atoms with Gasteiger partial charge in [0.25, 0.3) is 0 Å². The first-order chi connectivity index (χ1) is 17.5. The van der Waals surface area contributed by atoms with Crippen LogP contribution in [0.25, 0.3) is 10.9 Å². The van der Waals surface area contributed by atoms with E-state index in [0.717, 1.165) is 60.9 Å². The molecular weight excluding hydrogens is 468 g/mol. The molecule has 0 radical (unpaired) electrons. The van der Waals surface area contributed by atoms with Crippen molar-refractivity contribution in [3.8, 4) is 5.75 Å². The second-order valence-electron chi connectivity index (χ2n) is 9.83. The Morgan fingerprint density at radius 1 is 0.917 bits per heavy atom. The van der Waals surface area contributed by atoms with E-state index in [9.17, 15) is 8.42 Å². The van der Waals surface area contributed by atoms with Gasteiger partial charge in [0.15, 0.2) is 5.75 Å². The molecule has 0 atom stereocenters. The van der Waals surface area contributed by atoms with Crippen molar-refractivity contribution in [3.63, 3.8) is 0 Å². The lowest BCUT2D eigenvalue weighted by atomic mass is 9.89. The number of hydrogen-bond acceptors (Lipinski definition) is 4. The third-order valence-electron chi connectivity index (χ3n) is 7.29. The molecule has 5 rings (SSSR count). The maximum atomic E-state index is 12.9. The van der Waals surface area contributed by atoms with Crippen LogP contribution in [-0.2, 0) is 16.5 Å². The first kappa shape index (κ1) is 24.6. The Kier molecular flexibility index (Phi) is 7.44. The standard InChI is InChI=1S/C30H34N2O3S/c1-23-13-15-27(16-14-23)36(33,34)35-29-12-7-11-28-30(29)26(22-31-28)10-5-6-19-32-20-17-25(18-21-32)24-8-3-2-4-9-24/h2-4,7-9,11-16,22,25,31H,5-6,10,17-21H2,1H3. The molecular formula is C30H34N2O3S. The molecule has 5 nitrogen and oxygen atoms in total. The molecule has 1 N–H and O–H groups in total. The number of fused-ring (bicyclic) bond motifs is 1. The van der Waals surface area contributed by atoms with Crippen LogP contribution >= 0.6 is 0 Å². The number of aryl methyl sites for hydroxylation is 2. The van der Waals surface area contributed by atoms with Gasteiger partial charge in [-0.2, -0.15) is 8.42 Å². The zero-order chi connectivity index (χ0) is 25.0. The number of benzene rings is 3. The minimum atomic E-state index is -3.90. The van der Waals surface area contributed by atoms with Crippen LogP contribution in [0.2, 0.25) is 0 Å². The predicted molar refractivity (Wildman–Crippen MR) is 145 cm³/mol. The number of hydrogen-bond donors (Lipinski definition) is 1. The monoisotopic (exact) mass is 502 g/mol. The summed E-state index contributed by atoms with van der Waals surface area (Å²) in [6.07, 6.45) is 7.48. The Hall–Kier alpha value is -3.09. The number of piperidine rings is 1. The molecule has 1 saturated heterocycles. The number of rotatable bonds is 9. The molecule has 0 aliphatic carbocycles. The Morgan fingerprint density at radius 3 is 2.42 bits per heavy atom. The van der Waals surface area contributed by atoms with Crippen LogP contribution < -0.4 is 4.18 Å². The summed E-state index contributed by atoms with van der Waals surface area (Å²) in [5.74, 6) is 1.07. The van der Waals surface area contributed by atoms with Crippen LogP contribution in [-0.4, -0.2) is 37.9 Å².